The SMILES string of the molecule is CCCN(CCC)c1nc(=O)n2c(C)ccc(C)c2n1. The number of pyridine rings is 1. The maximum atomic E-state index is 12.3. The molecule has 0 spiro atoms. The van der Waals surface area contributed by atoms with E-state index < -0.39 is 0 Å². The fourth-order valence-electron chi connectivity index (χ4n) is 2.37. The van der Waals surface area contributed by atoms with Crippen LogP contribution in [0.1, 0.15) is 37.9 Å². The molecule has 0 saturated heterocycles. The Bertz CT molecular complexity index is 657. The number of hydrogen-bond acceptors (Lipinski definition) is 4. The minimum absolute atomic E-state index is 0.247. The fraction of sp³-hybridized carbons (Fsp3) is 0.533. The first-order chi connectivity index (χ1) is 9.58. The molecule has 0 saturated carbocycles. The molecule has 20 heavy (non-hydrogen) atoms. The lowest BCUT2D eigenvalue weighted by Gasteiger charge is -2.21. The first-order valence-electron chi connectivity index (χ1n) is 7.20. The Kier molecular flexibility index (Phi) is 4.37. The molecule has 0 amide bonds. The van der Waals surface area contributed by atoms with Crippen LogP contribution in [0.3, 0.4) is 0 Å². The van der Waals surface area contributed by atoms with Crippen LogP contribution in [0.2, 0.25) is 0 Å². The molecular formula is C15H22N4O. The monoisotopic (exact) mass is 274 g/mol. The Morgan fingerprint density at radius 3 is 2.35 bits per heavy atom. The van der Waals surface area contributed by atoms with Crippen LogP contribution in [0.15, 0.2) is 16.9 Å². The second-order valence-corrected chi connectivity index (χ2v) is 5.11. The van der Waals surface area contributed by atoms with Gasteiger partial charge in [-0.1, -0.05) is 19.9 Å². The molecule has 2 rings (SSSR count). The first kappa shape index (κ1) is 14.5. The summed E-state index contributed by atoms with van der Waals surface area (Å²) in [4.78, 5) is 23.1. The average molecular weight is 274 g/mol. The van der Waals surface area contributed by atoms with Crippen molar-refractivity contribution in [2.75, 3.05) is 18.0 Å². The normalized spacial score (nSPS) is 11.0. The summed E-state index contributed by atoms with van der Waals surface area (Å²) in [6.45, 7) is 9.84. The Hall–Kier alpha value is -1.91. The first-order valence-corrected chi connectivity index (χ1v) is 7.20. The molecule has 2 aromatic rings. The molecule has 0 aromatic carbocycles. The summed E-state index contributed by atoms with van der Waals surface area (Å²) >= 11 is 0. The zero-order valence-corrected chi connectivity index (χ0v) is 12.7. The maximum absolute atomic E-state index is 12.3. The zero-order chi connectivity index (χ0) is 14.7. The molecule has 0 aliphatic carbocycles. The van der Waals surface area contributed by atoms with Crippen molar-refractivity contribution < 1.29 is 0 Å². The Labute approximate surface area is 119 Å². The van der Waals surface area contributed by atoms with Crippen LogP contribution >= 0.6 is 0 Å². The fourth-order valence-corrected chi connectivity index (χ4v) is 2.37. The van der Waals surface area contributed by atoms with Crippen molar-refractivity contribution in [2.24, 2.45) is 0 Å². The Morgan fingerprint density at radius 1 is 1.10 bits per heavy atom. The third-order valence-corrected chi connectivity index (χ3v) is 3.35. The number of anilines is 1. The molecule has 0 aliphatic rings. The summed E-state index contributed by atoms with van der Waals surface area (Å²) < 4.78 is 1.58. The highest BCUT2D eigenvalue weighted by molar-refractivity contribution is 5.51. The van der Waals surface area contributed by atoms with Crippen LogP contribution in [0, 0.1) is 13.8 Å². The molecule has 108 valence electrons. The van der Waals surface area contributed by atoms with Crippen LogP contribution in [-0.2, 0) is 0 Å². The molecule has 0 atom stereocenters. The highest BCUT2D eigenvalue weighted by Gasteiger charge is 2.13. The van der Waals surface area contributed by atoms with Gasteiger partial charge in [-0.05, 0) is 38.3 Å². The van der Waals surface area contributed by atoms with E-state index in [4.69, 9.17) is 0 Å². The Balaban J connectivity index is 2.62. The lowest BCUT2D eigenvalue weighted by molar-refractivity contribution is 0.712. The van der Waals surface area contributed by atoms with Gasteiger partial charge in [0, 0.05) is 18.8 Å². The largest absolute Gasteiger partial charge is 0.356 e. The molecule has 0 radical (unpaired) electrons. The standard InChI is InChI=1S/C15H22N4O/c1-5-9-18(10-6-2)14-16-13-11(3)7-8-12(4)19(13)15(20)17-14/h7-8H,5-6,9-10H2,1-4H3. The second-order valence-electron chi connectivity index (χ2n) is 5.11. The number of fused-ring (bicyclic) bond motifs is 1. The molecule has 5 nitrogen and oxygen atoms in total. The number of hydrogen-bond donors (Lipinski definition) is 0. The number of aromatic nitrogens is 3. The van der Waals surface area contributed by atoms with Gasteiger partial charge in [-0.25, -0.2) is 9.20 Å². The van der Waals surface area contributed by atoms with Crippen molar-refractivity contribution >= 4 is 11.6 Å². The third kappa shape index (κ3) is 2.66. The van der Waals surface area contributed by atoms with Gasteiger partial charge in [0.1, 0.15) is 5.65 Å². The summed E-state index contributed by atoms with van der Waals surface area (Å²) in [5.74, 6) is 0.549. The van der Waals surface area contributed by atoms with Gasteiger partial charge in [-0.15, -0.1) is 0 Å². The van der Waals surface area contributed by atoms with E-state index in [-0.39, 0.29) is 5.69 Å². The predicted octanol–water partition coefficient (Wildman–Crippen LogP) is 2.33. The van der Waals surface area contributed by atoms with Crippen LogP contribution in [0.5, 0.6) is 0 Å². The zero-order valence-electron chi connectivity index (χ0n) is 12.7. The van der Waals surface area contributed by atoms with Gasteiger partial charge in [0.25, 0.3) is 0 Å². The number of nitrogens with zero attached hydrogens (tertiary/aromatic N) is 4. The van der Waals surface area contributed by atoms with E-state index in [1.54, 1.807) is 4.40 Å². The summed E-state index contributed by atoms with van der Waals surface area (Å²) in [6, 6.07) is 3.91. The highest BCUT2D eigenvalue weighted by atomic mass is 16.1. The van der Waals surface area contributed by atoms with Gasteiger partial charge in [0.15, 0.2) is 0 Å². The van der Waals surface area contributed by atoms with Crippen molar-refractivity contribution in [1.82, 2.24) is 14.4 Å². The molecule has 5 heteroatoms. The molecule has 2 aromatic heterocycles. The van der Waals surface area contributed by atoms with Crippen LogP contribution in [-0.4, -0.2) is 27.5 Å². The van der Waals surface area contributed by atoms with E-state index in [0.29, 0.717) is 11.6 Å². The van der Waals surface area contributed by atoms with Gasteiger partial charge in [-0.2, -0.15) is 9.97 Å². The molecule has 2 heterocycles. The third-order valence-electron chi connectivity index (χ3n) is 3.35. The summed E-state index contributed by atoms with van der Waals surface area (Å²) in [5.41, 5.74) is 2.31. The van der Waals surface area contributed by atoms with Crippen molar-refractivity contribution in [3.63, 3.8) is 0 Å². The van der Waals surface area contributed by atoms with Gasteiger partial charge >= 0.3 is 5.69 Å². The van der Waals surface area contributed by atoms with E-state index in [2.05, 4.69) is 28.7 Å². The van der Waals surface area contributed by atoms with E-state index in [0.717, 1.165) is 37.2 Å². The van der Waals surface area contributed by atoms with Crippen molar-refractivity contribution in [1.29, 1.82) is 0 Å². The smallest absolute Gasteiger partial charge is 0.341 e. The minimum Gasteiger partial charge on any atom is -0.341 e. The van der Waals surface area contributed by atoms with Crippen LogP contribution in [0.25, 0.3) is 5.65 Å². The van der Waals surface area contributed by atoms with Crippen molar-refractivity contribution in [3.8, 4) is 0 Å². The molecule has 0 N–H and O–H groups in total. The van der Waals surface area contributed by atoms with Gasteiger partial charge < -0.3 is 4.90 Å². The van der Waals surface area contributed by atoms with Gasteiger partial charge in [-0.3, -0.25) is 0 Å². The molecular weight excluding hydrogens is 252 g/mol. The lowest BCUT2D eigenvalue weighted by atomic mass is 10.2. The van der Waals surface area contributed by atoms with Crippen LogP contribution in [0.4, 0.5) is 5.95 Å². The quantitative estimate of drug-likeness (QED) is 0.839. The van der Waals surface area contributed by atoms with Crippen molar-refractivity contribution in [3.05, 3.63) is 33.9 Å². The van der Waals surface area contributed by atoms with Gasteiger partial charge in [0.2, 0.25) is 5.95 Å². The van der Waals surface area contributed by atoms with Crippen LogP contribution < -0.4 is 10.6 Å². The van der Waals surface area contributed by atoms with E-state index in [1.807, 2.05) is 26.0 Å². The molecule has 0 aliphatic heterocycles. The topological polar surface area (TPSA) is 50.5 Å². The summed E-state index contributed by atoms with van der Waals surface area (Å²) in [7, 11) is 0. The molecule has 0 unspecified atom stereocenters. The molecule has 0 fully saturated rings. The van der Waals surface area contributed by atoms with Gasteiger partial charge in [0.05, 0.1) is 0 Å². The summed E-state index contributed by atoms with van der Waals surface area (Å²) in [5, 5.41) is 0. The maximum Gasteiger partial charge on any atom is 0.356 e. The second kappa shape index (κ2) is 6.03. The number of aryl methyl sites for hydroxylation is 2. The van der Waals surface area contributed by atoms with Crippen molar-refractivity contribution in [2.45, 2.75) is 40.5 Å². The Morgan fingerprint density at radius 2 is 1.75 bits per heavy atom. The van der Waals surface area contributed by atoms with E-state index >= 15 is 0 Å². The number of rotatable bonds is 5. The highest BCUT2D eigenvalue weighted by Crippen LogP contribution is 2.12. The predicted molar refractivity (Wildman–Crippen MR) is 81.5 cm³/mol. The molecule has 0 bridgehead atoms. The summed E-state index contributed by atoms with van der Waals surface area (Å²) in [6.07, 6.45) is 2.02. The van der Waals surface area contributed by atoms with E-state index in [1.165, 1.54) is 0 Å². The lowest BCUT2D eigenvalue weighted by Crippen LogP contribution is -2.31. The average Bonchev–Trinajstić information content (AvgIpc) is 2.42. The van der Waals surface area contributed by atoms with E-state index in [9.17, 15) is 4.79 Å². The minimum atomic E-state index is -0.247.